The Balaban J connectivity index is 1.75. The van der Waals surface area contributed by atoms with Crippen molar-refractivity contribution in [3.05, 3.63) is 59.8 Å². The van der Waals surface area contributed by atoms with E-state index in [-0.39, 0.29) is 6.54 Å². The number of hydrogen-bond donors (Lipinski definition) is 0. The zero-order valence-corrected chi connectivity index (χ0v) is 13.5. The highest BCUT2D eigenvalue weighted by atomic mass is 19.3. The summed E-state index contributed by atoms with van der Waals surface area (Å²) in [6.07, 6.45) is 0.232. The van der Waals surface area contributed by atoms with Gasteiger partial charge in [-0.15, -0.1) is 0 Å². The molecule has 0 aliphatic heterocycles. The summed E-state index contributed by atoms with van der Waals surface area (Å²) in [5, 5.41) is 8.07. The Labute approximate surface area is 145 Å². The van der Waals surface area contributed by atoms with Crippen LogP contribution in [0.2, 0.25) is 0 Å². The quantitative estimate of drug-likeness (QED) is 0.552. The minimum absolute atomic E-state index is 0.275. The van der Waals surface area contributed by atoms with Crippen molar-refractivity contribution in [3.63, 3.8) is 0 Å². The first-order valence-corrected chi connectivity index (χ1v) is 7.70. The van der Waals surface area contributed by atoms with E-state index in [1.807, 2.05) is 0 Å². The Hall–Kier alpha value is -3.23. The Bertz CT molecular complexity index is 1090. The highest BCUT2D eigenvalue weighted by Crippen LogP contribution is 2.29. The second-order valence-corrected chi connectivity index (χ2v) is 5.70. The highest BCUT2D eigenvalue weighted by molar-refractivity contribution is 5.80. The minimum atomic E-state index is -2.89. The molecule has 4 rings (SSSR count). The molecule has 0 fully saturated rings. The van der Waals surface area contributed by atoms with Gasteiger partial charge in [0.25, 0.3) is 6.43 Å². The second kappa shape index (κ2) is 6.25. The number of nitrogens with zero attached hydrogens (tertiary/aromatic N) is 5. The van der Waals surface area contributed by atoms with Gasteiger partial charge in [0.15, 0.2) is 5.82 Å². The normalized spacial score (nSPS) is 11.6. The van der Waals surface area contributed by atoms with Crippen LogP contribution in [0.1, 0.15) is 23.7 Å². The van der Waals surface area contributed by atoms with Crippen molar-refractivity contribution in [2.75, 3.05) is 0 Å². The topological polar surface area (TPSA) is 69.6 Å². The van der Waals surface area contributed by atoms with Crippen molar-refractivity contribution in [2.45, 2.75) is 19.9 Å². The van der Waals surface area contributed by atoms with Gasteiger partial charge in [0.05, 0.1) is 17.3 Å². The summed E-state index contributed by atoms with van der Waals surface area (Å²) in [7, 11) is 0. The van der Waals surface area contributed by atoms with Gasteiger partial charge < -0.3 is 4.52 Å². The number of fused-ring (bicyclic) bond motifs is 1. The Morgan fingerprint density at radius 3 is 2.73 bits per heavy atom. The molecular formula is C17H12F3N5O. The highest BCUT2D eigenvalue weighted by Gasteiger charge is 2.15. The predicted octanol–water partition coefficient (Wildman–Crippen LogP) is 3.91. The molecule has 9 heteroatoms. The SMILES string of the molecule is Cc1nc(Cn2ncc3ncc(-c4ccc(F)c(C(F)F)c4)cc32)no1. The molecule has 0 saturated carbocycles. The molecule has 0 radical (unpaired) electrons. The molecule has 0 atom stereocenters. The van der Waals surface area contributed by atoms with Crippen LogP contribution in [0.15, 0.2) is 41.2 Å². The van der Waals surface area contributed by atoms with Gasteiger partial charge in [-0.2, -0.15) is 10.1 Å². The number of aryl methyl sites for hydroxylation is 1. The first-order chi connectivity index (χ1) is 12.5. The van der Waals surface area contributed by atoms with Crippen molar-refractivity contribution < 1.29 is 17.7 Å². The summed E-state index contributed by atoms with van der Waals surface area (Å²) < 4.78 is 46.0. The van der Waals surface area contributed by atoms with E-state index in [2.05, 4.69) is 20.2 Å². The molecule has 26 heavy (non-hydrogen) atoms. The number of benzene rings is 1. The summed E-state index contributed by atoms with van der Waals surface area (Å²) in [5.41, 5.74) is 1.68. The number of alkyl halides is 2. The molecule has 0 spiro atoms. The monoisotopic (exact) mass is 359 g/mol. The van der Waals surface area contributed by atoms with E-state index < -0.39 is 17.8 Å². The zero-order chi connectivity index (χ0) is 18.3. The molecule has 0 amide bonds. The van der Waals surface area contributed by atoms with Crippen molar-refractivity contribution in [1.29, 1.82) is 0 Å². The maximum Gasteiger partial charge on any atom is 0.266 e. The molecule has 4 aromatic rings. The third-order valence-corrected chi connectivity index (χ3v) is 3.92. The fraction of sp³-hybridized carbons (Fsp3) is 0.176. The lowest BCUT2D eigenvalue weighted by molar-refractivity contribution is 0.146. The Kier molecular flexibility index (Phi) is 3.90. The van der Waals surface area contributed by atoms with Crippen LogP contribution in [-0.4, -0.2) is 24.9 Å². The van der Waals surface area contributed by atoms with Crippen molar-refractivity contribution in [3.8, 4) is 11.1 Å². The summed E-state index contributed by atoms with van der Waals surface area (Å²) in [6, 6.07) is 5.35. The molecule has 3 heterocycles. The molecular weight excluding hydrogens is 347 g/mol. The van der Waals surface area contributed by atoms with Crippen LogP contribution in [0.25, 0.3) is 22.2 Å². The molecule has 132 valence electrons. The molecule has 1 aromatic carbocycles. The lowest BCUT2D eigenvalue weighted by Gasteiger charge is -2.07. The molecule has 0 N–H and O–H groups in total. The number of hydrogen-bond acceptors (Lipinski definition) is 5. The molecule has 0 aliphatic carbocycles. The number of halogens is 3. The van der Waals surface area contributed by atoms with Crippen LogP contribution in [0.4, 0.5) is 13.2 Å². The molecule has 0 aliphatic rings. The van der Waals surface area contributed by atoms with Gasteiger partial charge in [-0.25, -0.2) is 13.2 Å². The largest absolute Gasteiger partial charge is 0.340 e. The lowest BCUT2D eigenvalue weighted by Crippen LogP contribution is -2.03. The number of aromatic nitrogens is 5. The standard InChI is InChI=1S/C17H12F3N5O/c1-9-23-16(24-26-9)8-25-15-5-11(6-21-14(15)7-22-25)10-2-3-13(18)12(4-10)17(19)20/h2-7,17H,8H2,1H3. The van der Waals surface area contributed by atoms with Crippen molar-refractivity contribution in [1.82, 2.24) is 24.9 Å². The summed E-state index contributed by atoms with van der Waals surface area (Å²) in [4.78, 5) is 8.42. The summed E-state index contributed by atoms with van der Waals surface area (Å²) in [6.45, 7) is 1.96. The maximum absolute atomic E-state index is 13.5. The molecule has 6 nitrogen and oxygen atoms in total. The maximum atomic E-state index is 13.5. The Morgan fingerprint density at radius 1 is 1.15 bits per heavy atom. The lowest BCUT2D eigenvalue weighted by atomic mass is 10.0. The molecule has 0 saturated heterocycles. The van der Waals surface area contributed by atoms with Gasteiger partial charge in [0.2, 0.25) is 5.89 Å². The van der Waals surface area contributed by atoms with Gasteiger partial charge in [-0.1, -0.05) is 11.2 Å². The average molecular weight is 359 g/mol. The number of pyridine rings is 1. The second-order valence-electron chi connectivity index (χ2n) is 5.70. The first kappa shape index (κ1) is 16.2. The van der Waals surface area contributed by atoms with Crippen LogP contribution in [-0.2, 0) is 6.54 Å². The van der Waals surface area contributed by atoms with Crippen LogP contribution in [0.5, 0.6) is 0 Å². The van der Waals surface area contributed by atoms with Gasteiger partial charge in [0.1, 0.15) is 17.9 Å². The Morgan fingerprint density at radius 2 is 2.00 bits per heavy atom. The summed E-state index contributed by atoms with van der Waals surface area (Å²) >= 11 is 0. The van der Waals surface area contributed by atoms with Gasteiger partial charge in [-0.05, 0) is 23.8 Å². The van der Waals surface area contributed by atoms with E-state index in [1.54, 1.807) is 23.9 Å². The third-order valence-electron chi connectivity index (χ3n) is 3.92. The van der Waals surface area contributed by atoms with Crippen LogP contribution < -0.4 is 0 Å². The average Bonchev–Trinajstić information content (AvgIpc) is 3.21. The minimum Gasteiger partial charge on any atom is -0.340 e. The fourth-order valence-corrected chi connectivity index (χ4v) is 2.67. The van der Waals surface area contributed by atoms with Crippen LogP contribution in [0, 0.1) is 12.7 Å². The molecule has 0 bridgehead atoms. The van der Waals surface area contributed by atoms with E-state index in [0.717, 1.165) is 12.1 Å². The number of rotatable bonds is 4. The molecule has 3 aromatic heterocycles. The van der Waals surface area contributed by atoms with Gasteiger partial charge in [-0.3, -0.25) is 9.67 Å². The smallest absolute Gasteiger partial charge is 0.266 e. The van der Waals surface area contributed by atoms with Gasteiger partial charge >= 0.3 is 0 Å². The van der Waals surface area contributed by atoms with Crippen molar-refractivity contribution >= 4 is 11.0 Å². The predicted molar refractivity (Wildman–Crippen MR) is 86.0 cm³/mol. The van der Waals surface area contributed by atoms with E-state index >= 15 is 0 Å². The third kappa shape index (κ3) is 2.92. The van der Waals surface area contributed by atoms with Crippen LogP contribution >= 0.6 is 0 Å². The zero-order valence-electron chi connectivity index (χ0n) is 13.5. The summed E-state index contributed by atoms with van der Waals surface area (Å²) in [5.74, 6) is -0.0314. The van der Waals surface area contributed by atoms with E-state index in [1.165, 1.54) is 12.3 Å². The van der Waals surface area contributed by atoms with Gasteiger partial charge in [0, 0.05) is 18.7 Å². The van der Waals surface area contributed by atoms with Crippen LogP contribution in [0.3, 0.4) is 0 Å². The molecule has 0 unspecified atom stereocenters. The van der Waals surface area contributed by atoms with E-state index in [9.17, 15) is 13.2 Å². The van der Waals surface area contributed by atoms with E-state index in [0.29, 0.717) is 33.9 Å². The first-order valence-electron chi connectivity index (χ1n) is 7.70. The van der Waals surface area contributed by atoms with Crippen molar-refractivity contribution in [2.24, 2.45) is 0 Å². The fourth-order valence-electron chi connectivity index (χ4n) is 2.67. The van der Waals surface area contributed by atoms with E-state index in [4.69, 9.17) is 4.52 Å².